The van der Waals surface area contributed by atoms with Crippen LogP contribution in [0.5, 0.6) is 0 Å². The SMILES string of the molecule is BC(B)(B)c1cc(-c2ccccc2)ncc1-c1ccccc1. The van der Waals surface area contributed by atoms with Gasteiger partial charge in [-0.05, 0) is 11.6 Å². The van der Waals surface area contributed by atoms with Gasteiger partial charge in [-0.2, -0.15) is 0 Å². The minimum absolute atomic E-state index is 0.0671. The summed E-state index contributed by atoms with van der Waals surface area (Å²) in [4.78, 5) is 4.70. The smallest absolute Gasteiger partial charge is 0.0955 e. The first kappa shape index (κ1) is 14.7. The van der Waals surface area contributed by atoms with Crippen LogP contribution < -0.4 is 0 Å². The van der Waals surface area contributed by atoms with E-state index in [9.17, 15) is 0 Å². The van der Waals surface area contributed by atoms with Crippen LogP contribution in [0, 0.1) is 0 Å². The van der Waals surface area contributed by atoms with E-state index in [0.717, 1.165) is 11.3 Å². The maximum Gasteiger partial charge on any atom is 0.0955 e. The molecular formula is C18H18B3N. The highest BCUT2D eigenvalue weighted by Crippen LogP contribution is 2.31. The van der Waals surface area contributed by atoms with Crippen LogP contribution in [0.4, 0.5) is 0 Å². The molecule has 0 saturated carbocycles. The Hall–Kier alpha value is -2.22. The van der Waals surface area contributed by atoms with Crippen molar-refractivity contribution in [1.82, 2.24) is 4.98 Å². The number of benzene rings is 2. The predicted octanol–water partition coefficient (Wildman–Crippen LogP) is 1.43. The molecule has 0 saturated heterocycles. The maximum atomic E-state index is 4.70. The normalized spacial score (nSPS) is 11.3. The third-order valence-electron chi connectivity index (χ3n) is 3.87. The zero-order valence-electron chi connectivity index (χ0n) is 13.4. The van der Waals surface area contributed by atoms with Gasteiger partial charge in [-0.1, -0.05) is 71.3 Å². The van der Waals surface area contributed by atoms with Crippen LogP contribution in [0.25, 0.3) is 22.4 Å². The van der Waals surface area contributed by atoms with E-state index in [0.29, 0.717) is 0 Å². The van der Waals surface area contributed by atoms with Gasteiger partial charge in [0.25, 0.3) is 0 Å². The summed E-state index contributed by atoms with van der Waals surface area (Å²) in [5, 5.41) is 0.0671. The first-order valence-electron chi connectivity index (χ1n) is 7.67. The van der Waals surface area contributed by atoms with E-state index >= 15 is 0 Å². The van der Waals surface area contributed by atoms with E-state index in [-0.39, 0.29) is 5.11 Å². The average Bonchev–Trinajstić information content (AvgIpc) is 2.55. The lowest BCUT2D eigenvalue weighted by molar-refractivity contribution is 1.19. The third kappa shape index (κ3) is 3.01. The molecule has 0 amide bonds. The van der Waals surface area contributed by atoms with Crippen LogP contribution in [0.15, 0.2) is 72.9 Å². The second-order valence-electron chi connectivity index (χ2n) is 6.60. The zero-order chi connectivity index (χ0) is 15.6. The quantitative estimate of drug-likeness (QED) is 0.662. The molecular weight excluding hydrogens is 263 g/mol. The van der Waals surface area contributed by atoms with Gasteiger partial charge in [0.2, 0.25) is 0 Å². The molecule has 0 fully saturated rings. The fourth-order valence-electron chi connectivity index (χ4n) is 2.69. The Morgan fingerprint density at radius 1 is 0.727 bits per heavy atom. The second-order valence-corrected chi connectivity index (χ2v) is 6.60. The van der Waals surface area contributed by atoms with Crippen LogP contribution >= 0.6 is 0 Å². The molecule has 0 aliphatic heterocycles. The predicted molar refractivity (Wildman–Crippen MR) is 102 cm³/mol. The highest BCUT2D eigenvalue weighted by Gasteiger charge is 2.20. The van der Waals surface area contributed by atoms with Crippen molar-refractivity contribution in [3.63, 3.8) is 0 Å². The van der Waals surface area contributed by atoms with E-state index < -0.39 is 0 Å². The fraction of sp³-hybridized carbons (Fsp3) is 0.0556. The molecule has 0 bridgehead atoms. The largest absolute Gasteiger partial charge is 0.256 e. The molecule has 1 heterocycles. The van der Waals surface area contributed by atoms with Crippen molar-refractivity contribution >= 4 is 23.5 Å². The summed E-state index contributed by atoms with van der Waals surface area (Å²) in [5.74, 6) is 0. The summed E-state index contributed by atoms with van der Waals surface area (Å²) in [6.45, 7) is 0. The number of aromatic nitrogens is 1. The van der Waals surface area contributed by atoms with E-state index in [4.69, 9.17) is 4.98 Å². The Bertz CT molecular complexity index is 765. The Labute approximate surface area is 135 Å². The molecule has 3 aromatic rings. The van der Waals surface area contributed by atoms with Gasteiger partial charge in [-0.15, -0.1) is 0 Å². The molecule has 0 spiro atoms. The number of rotatable bonds is 3. The minimum Gasteiger partial charge on any atom is -0.256 e. The molecule has 0 radical (unpaired) electrons. The monoisotopic (exact) mass is 281 g/mol. The molecule has 22 heavy (non-hydrogen) atoms. The highest BCUT2D eigenvalue weighted by molar-refractivity contribution is 6.59. The van der Waals surface area contributed by atoms with Crippen LogP contribution in [0.2, 0.25) is 0 Å². The van der Waals surface area contributed by atoms with Crippen LogP contribution in [0.3, 0.4) is 0 Å². The first-order chi connectivity index (χ1) is 10.6. The third-order valence-corrected chi connectivity index (χ3v) is 3.87. The summed E-state index contributed by atoms with van der Waals surface area (Å²) in [5.41, 5.74) is 5.96. The van der Waals surface area contributed by atoms with Gasteiger partial charge in [0.1, 0.15) is 0 Å². The summed E-state index contributed by atoms with van der Waals surface area (Å²) in [6, 6.07) is 23.1. The lowest BCUT2D eigenvalue weighted by Crippen LogP contribution is -2.28. The summed E-state index contributed by atoms with van der Waals surface area (Å²) >= 11 is 0. The molecule has 2 aromatic carbocycles. The van der Waals surface area contributed by atoms with Crippen molar-refractivity contribution in [2.75, 3.05) is 0 Å². The molecule has 0 atom stereocenters. The Kier molecular flexibility index (Phi) is 3.93. The average molecular weight is 281 g/mol. The molecule has 0 aliphatic rings. The number of pyridine rings is 1. The molecule has 0 aliphatic carbocycles. The number of nitrogens with zero attached hydrogens (tertiary/aromatic N) is 1. The second kappa shape index (κ2) is 5.88. The van der Waals surface area contributed by atoms with Crippen molar-refractivity contribution in [2.24, 2.45) is 0 Å². The Morgan fingerprint density at radius 3 is 1.82 bits per heavy atom. The van der Waals surface area contributed by atoms with E-state index in [1.807, 2.05) is 18.3 Å². The van der Waals surface area contributed by atoms with Crippen molar-refractivity contribution in [1.29, 1.82) is 0 Å². The molecule has 3 rings (SSSR count). The van der Waals surface area contributed by atoms with E-state index in [1.165, 1.54) is 16.7 Å². The molecule has 0 unspecified atom stereocenters. The summed E-state index contributed by atoms with van der Waals surface area (Å²) in [7, 11) is 6.76. The van der Waals surface area contributed by atoms with Gasteiger partial charge in [0.15, 0.2) is 0 Å². The van der Waals surface area contributed by atoms with Crippen molar-refractivity contribution in [3.05, 3.63) is 78.5 Å². The molecule has 1 nitrogen and oxygen atoms in total. The lowest BCUT2D eigenvalue weighted by atomic mass is 9.39. The van der Waals surface area contributed by atoms with E-state index in [1.54, 1.807) is 0 Å². The maximum absolute atomic E-state index is 4.70. The molecule has 0 N–H and O–H groups in total. The Morgan fingerprint density at radius 2 is 1.27 bits per heavy atom. The van der Waals surface area contributed by atoms with Gasteiger partial charge in [-0.25, -0.2) is 0 Å². The molecule has 1 aromatic heterocycles. The topological polar surface area (TPSA) is 12.9 Å². The molecule has 104 valence electrons. The summed E-state index contributed by atoms with van der Waals surface area (Å²) < 4.78 is 0. The van der Waals surface area contributed by atoms with Gasteiger partial charge >= 0.3 is 0 Å². The molecule has 4 heteroatoms. The van der Waals surface area contributed by atoms with E-state index in [2.05, 4.69) is 78.1 Å². The zero-order valence-corrected chi connectivity index (χ0v) is 13.4. The van der Waals surface area contributed by atoms with Crippen molar-refractivity contribution in [3.8, 4) is 22.4 Å². The minimum atomic E-state index is 0.0671. The number of hydrogen-bond acceptors (Lipinski definition) is 1. The highest BCUT2D eigenvalue weighted by atomic mass is 14.7. The van der Waals surface area contributed by atoms with Crippen molar-refractivity contribution in [2.45, 2.75) is 5.11 Å². The van der Waals surface area contributed by atoms with Crippen LogP contribution in [0.1, 0.15) is 5.56 Å². The lowest BCUT2D eigenvalue weighted by Gasteiger charge is -2.24. The Balaban J connectivity index is 2.17. The standard InChI is InChI=1S/C18H18B3N/c19-18(20,21)16-11-17(14-9-5-2-6-10-14)22-12-15(16)13-7-3-1-4-8-13/h1-12H,19-21H2. The van der Waals surface area contributed by atoms with Gasteiger partial charge in [0, 0.05) is 17.3 Å². The van der Waals surface area contributed by atoms with Crippen LogP contribution in [-0.4, -0.2) is 28.5 Å². The van der Waals surface area contributed by atoms with Crippen molar-refractivity contribution < 1.29 is 0 Å². The fourth-order valence-corrected chi connectivity index (χ4v) is 2.69. The number of hydrogen-bond donors (Lipinski definition) is 0. The van der Waals surface area contributed by atoms with Gasteiger partial charge in [0.05, 0.1) is 29.2 Å². The van der Waals surface area contributed by atoms with Gasteiger partial charge in [-0.3, -0.25) is 4.98 Å². The van der Waals surface area contributed by atoms with Crippen LogP contribution in [-0.2, 0) is 5.11 Å². The van der Waals surface area contributed by atoms with Gasteiger partial charge < -0.3 is 0 Å². The summed E-state index contributed by atoms with van der Waals surface area (Å²) in [6.07, 6.45) is 2.01. The first-order valence-corrected chi connectivity index (χ1v) is 7.67.